The van der Waals surface area contributed by atoms with Gasteiger partial charge in [-0.2, -0.15) is 0 Å². The predicted octanol–water partition coefficient (Wildman–Crippen LogP) is 1.95. The van der Waals surface area contributed by atoms with Crippen molar-refractivity contribution in [3.8, 4) is 0 Å². The van der Waals surface area contributed by atoms with E-state index < -0.39 is 29.8 Å². The Labute approximate surface area is 151 Å². The highest BCUT2D eigenvalue weighted by Crippen LogP contribution is 2.21. The Hall–Kier alpha value is -1.77. The Morgan fingerprint density at radius 3 is 2.77 bits per heavy atom. The fourth-order valence-electron chi connectivity index (χ4n) is 3.39. The topological polar surface area (TPSA) is 73.8 Å². The Bertz CT molecular complexity index is 638. The summed E-state index contributed by atoms with van der Waals surface area (Å²) in [6.45, 7) is 5.02. The fourth-order valence-corrected chi connectivity index (χ4v) is 3.39. The molecule has 2 saturated heterocycles. The van der Waals surface area contributed by atoms with E-state index in [1.807, 2.05) is 0 Å². The molecule has 3 N–H and O–H groups in total. The lowest BCUT2D eigenvalue weighted by molar-refractivity contribution is 0.00883. The van der Waals surface area contributed by atoms with Crippen molar-refractivity contribution < 1.29 is 23.4 Å². The van der Waals surface area contributed by atoms with Gasteiger partial charge in [0.2, 0.25) is 0 Å². The number of halogens is 2. The molecule has 3 atom stereocenters. The first-order valence-corrected chi connectivity index (χ1v) is 8.97. The minimum absolute atomic E-state index is 0.128. The molecule has 2 aliphatic heterocycles. The second-order valence-electron chi connectivity index (χ2n) is 7.17. The first kappa shape index (κ1) is 19.0. The number of rotatable bonds is 4. The summed E-state index contributed by atoms with van der Waals surface area (Å²) in [5, 5.41) is 15.3. The quantitative estimate of drug-likeness (QED) is 0.759. The molecule has 0 saturated carbocycles. The van der Waals surface area contributed by atoms with E-state index in [0.29, 0.717) is 12.6 Å². The van der Waals surface area contributed by atoms with Gasteiger partial charge in [0.15, 0.2) is 0 Å². The number of hydrogen-bond acceptors (Lipinski definition) is 4. The van der Waals surface area contributed by atoms with Crippen molar-refractivity contribution in [1.82, 2.24) is 10.2 Å². The van der Waals surface area contributed by atoms with Gasteiger partial charge in [-0.1, -0.05) is 6.92 Å². The van der Waals surface area contributed by atoms with Gasteiger partial charge in [0.25, 0.3) is 0 Å². The van der Waals surface area contributed by atoms with E-state index in [1.165, 1.54) is 0 Å². The molecule has 2 amide bonds. The van der Waals surface area contributed by atoms with Gasteiger partial charge in [0, 0.05) is 12.6 Å². The highest BCUT2D eigenvalue weighted by molar-refractivity contribution is 5.89. The summed E-state index contributed by atoms with van der Waals surface area (Å²) < 4.78 is 32.1. The fraction of sp³-hybridized carbons (Fsp3) is 0.611. The number of nitrogens with zero attached hydrogens (tertiary/aromatic N) is 1. The van der Waals surface area contributed by atoms with Crippen LogP contribution in [-0.4, -0.2) is 60.5 Å². The zero-order valence-electron chi connectivity index (χ0n) is 14.8. The highest BCUT2D eigenvalue weighted by atomic mass is 19.1. The maximum Gasteiger partial charge on any atom is 0.319 e. The molecule has 2 fully saturated rings. The van der Waals surface area contributed by atoms with E-state index in [2.05, 4.69) is 22.5 Å². The lowest BCUT2D eigenvalue weighted by Gasteiger charge is -2.32. The second-order valence-corrected chi connectivity index (χ2v) is 7.17. The number of nitrogens with one attached hydrogen (secondary N) is 2. The van der Waals surface area contributed by atoms with Crippen molar-refractivity contribution in [3.63, 3.8) is 0 Å². The van der Waals surface area contributed by atoms with Gasteiger partial charge in [-0.3, -0.25) is 0 Å². The number of benzene rings is 1. The SMILES string of the molecule is CC1CCN(C[C@@H]2OC[C@H](NC(=O)Nc3ccc(F)cc3F)[C@H]2O)CC1. The number of aliphatic hydroxyl groups excluding tert-OH is 1. The molecule has 6 nitrogen and oxygen atoms in total. The predicted molar refractivity (Wildman–Crippen MR) is 92.9 cm³/mol. The van der Waals surface area contributed by atoms with Crippen LogP contribution in [0, 0.1) is 17.6 Å². The Morgan fingerprint density at radius 1 is 1.35 bits per heavy atom. The number of urea groups is 1. The van der Waals surface area contributed by atoms with E-state index in [9.17, 15) is 18.7 Å². The van der Waals surface area contributed by atoms with E-state index in [0.717, 1.165) is 44.0 Å². The zero-order chi connectivity index (χ0) is 18.7. The molecule has 1 aromatic rings. The van der Waals surface area contributed by atoms with Crippen molar-refractivity contribution in [3.05, 3.63) is 29.8 Å². The van der Waals surface area contributed by atoms with Crippen molar-refractivity contribution in [2.45, 2.75) is 38.0 Å². The number of aliphatic hydroxyl groups is 1. The summed E-state index contributed by atoms with van der Waals surface area (Å²) in [5.41, 5.74) is -0.128. The molecule has 0 aromatic heterocycles. The number of likely N-dealkylation sites (tertiary alicyclic amines) is 1. The lowest BCUT2D eigenvalue weighted by atomic mass is 9.98. The molecule has 0 aliphatic carbocycles. The average Bonchev–Trinajstić information content (AvgIpc) is 2.93. The molecule has 0 radical (unpaired) electrons. The number of carbonyl (C=O) groups excluding carboxylic acids is 1. The average molecular weight is 369 g/mol. The van der Waals surface area contributed by atoms with Crippen molar-refractivity contribution >= 4 is 11.7 Å². The molecular formula is C18H25F2N3O3. The van der Waals surface area contributed by atoms with E-state index in [-0.39, 0.29) is 18.4 Å². The first-order valence-electron chi connectivity index (χ1n) is 8.97. The van der Waals surface area contributed by atoms with Crippen LogP contribution in [0.25, 0.3) is 0 Å². The van der Waals surface area contributed by atoms with Gasteiger partial charge in [0.1, 0.15) is 17.7 Å². The lowest BCUT2D eigenvalue weighted by Crippen LogP contribution is -2.48. The van der Waals surface area contributed by atoms with Crippen LogP contribution >= 0.6 is 0 Å². The number of carbonyl (C=O) groups is 1. The highest BCUT2D eigenvalue weighted by Gasteiger charge is 2.38. The summed E-state index contributed by atoms with van der Waals surface area (Å²) >= 11 is 0. The Balaban J connectivity index is 1.48. The first-order chi connectivity index (χ1) is 12.4. The van der Waals surface area contributed by atoms with Gasteiger partial charge in [0.05, 0.1) is 24.4 Å². The number of piperidine rings is 1. The number of ether oxygens (including phenoxy) is 1. The summed E-state index contributed by atoms with van der Waals surface area (Å²) in [4.78, 5) is 14.3. The summed E-state index contributed by atoms with van der Waals surface area (Å²) in [6, 6.07) is 1.65. The van der Waals surface area contributed by atoms with Gasteiger partial charge in [-0.05, 0) is 44.0 Å². The van der Waals surface area contributed by atoms with Crippen molar-refractivity contribution in [2.24, 2.45) is 5.92 Å². The Kier molecular flexibility index (Phi) is 6.05. The van der Waals surface area contributed by atoms with Gasteiger partial charge < -0.3 is 25.4 Å². The van der Waals surface area contributed by atoms with Gasteiger partial charge >= 0.3 is 6.03 Å². The molecule has 1 aromatic carbocycles. The second kappa shape index (κ2) is 8.28. The van der Waals surface area contributed by atoms with Gasteiger partial charge in [-0.25, -0.2) is 13.6 Å². The third-order valence-electron chi connectivity index (χ3n) is 5.09. The number of amides is 2. The van der Waals surface area contributed by atoms with Crippen LogP contribution in [-0.2, 0) is 4.74 Å². The third kappa shape index (κ3) is 4.69. The van der Waals surface area contributed by atoms with Crippen LogP contribution in [0.2, 0.25) is 0 Å². The van der Waals surface area contributed by atoms with Crippen LogP contribution in [0.15, 0.2) is 18.2 Å². The minimum atomic E-state index is -0.861. The monoisotopic (exact) mass is 369 g/mol. The minimum Gasteiger partial charge on any atom is -0.388 e. The van der Waals surface area contributed by atoms with Crippen LogP contribution in [0.4, 0.5) is 19.3 Å². The van der Waals surface area contributed by atoms with Crippen LogP contribution < -0.4 is 10.6 Å². The third-order valence-corrected chi connectivity index (χ3v) is 5.09. The molecular weight excluding hydrogens is 344 g/mol. The van der Waals surface area contributed by atoms with E-state index >= 15 is 0 Å². The molecule has 144 valence electrons. The normalized spacial score (nSPS) is 27.5. The molecule has 2 heterocycles. The number of hydrogen-bond donors (Lipinski definition) is 3. The maximum atomic E-state index is 13.6. The zero-order valence-corrected chi connectivity index (χ0v) is 14.8. The van der Waals surface area contributed by atoms with Crippen LogP contribution in [0.1, 0.15) is 19.8 Å². The molecule has 2 aliphatic rings. The molecule has 0 spiro atoms. The maximum absolute atomic E-state index is 13.6. The molecule has 0 bridgehead atoms. The van der Waals surface area contributed by atoms with Crippen molar-refractivity contribution in [2.75, 3.05) is 31.6 Å². The molecule has 3 rings (SSSR count). The smallest absolute Gasteiger partial charge is 0.319 e. The van der Waals surface area contributed by atoms with E-state index in [1.54, 1.807) is 0 Å². The van der Waals surface area contributed by atoms with Crippen LogP contribution in [0.3, 0.4) is 0 Å². The summed E-state index contributed by atoms with van der Waals surface area (Å²) in [7, 11) is 0. The molecule has 0 unspecified atom stereocenters. The molecule has 8 heteroatoms. The molecule has 26 heavy (non-hydrogen) atoms. The largest absolute Gasteiger partial charge is 0.388 e. The summed E-state index contributed by atoms with van der Waals surface area (Å²) in [5.74, 6) is -0.853. The van der Waals surface area contributed by atoms with E-state index in [4.69, 9.17) is 4.74 Å². The number of anilines is 1. The summed E-state index contributed by atoms with van der Waals surface area (Å²) in [6.07, 6.45) is 1.07. The standard InChI is InChI=1S/C18H25F2N3O3/c1-11-4-6-23(7-5-11)9-16-17(24)15(10-26-16)22-18(25)21-14-3-2-12(19)8-13(14)20/h2-3,8,11,15-17,24H,4-7,9-10H2,1H3,(H2,21,22,25)/t15-,16-,17+/m0/s1. The van der Waals surface area contributed by atoms with Gasteiger partial charge in [-0.15, -0.1) is 0 Å². The van der Waals surface area contributed by atoms with Crippen molar-refractivity contribution in [1.29, 1.82) is 0 Å². The Morgan fingerprint density at radius 2 is 2.08 bits per heavy atom. The van der Waals surface area contributed by atoms with Crippen LogP contribution in [0.5, 0.6) is 0 Å².